The molecule has 0 saturated heterocycles. The Balaban J connectivity index is 2.21. The van der Waals surface area contributed by atoms with Crippen LogP contribution in [0.4, 0.5) is 15.9 Å². The van der Waals surface area contributed by atoms with Gasteiger partial charge in [0, 0.05) is 6.07 Å². The second-order valence-electron chi connectivity index (χ2n) is 4.11. The minimum atomic E-state index is -0.462. The summed E-state index contributed by atoms with van der Waals surface area (Å²) >= 11 is 0. The molecule has 0 aliphatic carbocycles. The molecule has 0 aliphatic heterocycles. The number of hydrogen-bond acceptors (Lipinski definition) is 3. The largest absolute Gasteiger partial charge is 0.357 e. The highest BCUT2D eigenvalue weighted by Crippen LogP contribution is 2.23. The zero-order valence-corrected chi connectivity index (χ0v) is 10.3. The number of rotatable bonds is 4. The van der Waals surface area contributed by atoms with E-state index < -0.39 is 4.92 Å². The van der Waals surface area contributed by atoms with Gasteiger partial charge < -0.3 is 0 Å². The number of nitro groups is 1. The standard InChI is InChI=1S/C13H12FN3O2/c1-9(10-4-6-11(14)7-5-10)16-13-12(17(18)19)3-2-8-15-13/h2-9H,1H3,(H,15,16)/p+1/t9-/m0/s1. The number of hydrogen-bond donors (Lipinski definition) is 1. The van der Waals surface area contributed by atoms with Gasteiger partial charge in [0.2, 0.25) is 0 Å². The fourth-order valence-electron chi connectivity index (χ4n) is 1.75. The van der Waals surface area contributed by atoms with Crippen molar-refractivity contribution in [3.05, 3.63) is 64.1 Å². The van der Waals surface area contributed by atoms with Crippen LogP contribution >= 0.6 is 0 Å². The highest BCUT2D eigenvalue weighted by molar-refractivity contribution is 5.52. The summed E-state index contributed by atoms with van der Waals surface area (Å²) in [6.45, 7) is 1.85. The van der Waals surface area contributed by atoms with Gasteiger partial charge in [-0.2, -0.15) is 0 Å². The molecule has 0 fully saturated rings. The van der Waals surface area contributed by atoms with Crippen LogP contribution < -0.4 is 10.3 Å². The third-order valence-electron chi connectivity index (χ3n) is 2.76. The zero-order valence-electron chi connectivity index (χ0n) is 10.3. The van der Waals surface area contributed by atoms with Gasteiger partial charge in [0.1, 0.15) is 11.9 Å². The fourth-order valence-corrected chi connectivity index (χ4v) is 1.75. The predicted molar refractivity (Wildman–Crippen MR) is 68.1 cm³/mol. The molecule has 6 heteroatoms. The van der Waals surface area contributed by atoms with Crippen LogP contribution in [-0.4, -0.2) is 4.92 Å². The quantitative estimate of drug-likeness (QED) is 0.680. The van der Waals surface area contributed by atoms with E-state index in [4.69, 9.17) is 0 Å². The molecule has 19 heavy (non-hydrogen) atoms. The van der Waals surface area contributed by atoms with Crippen molar-refractivity contribution in [3.63, 3.8) is 0 Å². The first kappa shape index (κ1) is 12.9. The number of anilines is 1. The predicted octanol–water partition coefficient (Wildman–Crippen LogP) is 2.72. The van der Waals surface area contributed by atoms with Crippen molar-refractivity contribution in [2.45, 2.75) is 13.0 Å². The molecular weight excluding hydrogens is 249 g/mol. The Morgan fingerprint density at radius 3 is 2.63 bits per heavy atom. The number of pyridine rings is 1. The normalized spacial score (nSPS) is 11.9. The second-order valence-corrected chi connectivity index (χ2v) is 4.11. The summed E-state index contributed by atoms with van der Waals surface area (Å²) < 4.78 is 12.8. The van der Waals surface area contributed by atoms with Crippen LogP contribution in [0, 0.1) is 15.9 Å². The first-order valence-electron chi connectivity index (χ1n) is 5.75. The Kier molecular flexibility index (Phi) is 3.70. The lowest BCUT2D eigenvalue weighted by Gasteiger charge is -2.09. The lowest BCUT2D eigenvalue weighted by Crippen LogP contribution is -2.17. The molecule has 0 amide bonds. The maximum absolute atomic E-state index is 12.8. The van der Waals surface area contributed by atoms with Gasteiger partial charge >= 0.3 is 11.5 Å². The summed E-state index contributed by atoms with van der Waals surface area (Å²) in [5, 5.41) is 13.9. The van der Waals surface area contributed by atoms with E-state index in [1.807, 2.05) is 6.92 Å². The lowest BCUT2D eigenvalue weighted by molar-refractivity contribution is -0.409. The summed E-state index contributed by atoms with van der Waals surface area (Å²) in [7, 11) is 0. The number of H-pyrrole nitrogens is 1. The molecule has 0 saturated carbocycles. The van der Waals surface area contributed by atoms with Crippen LogP contribution in [-0.2, 0) is 0 Å². The third kappa shape index (κ3) is 3.04. The Hall–Kier alpha value is -2.50. The molecule has 1 aromatic carbocycles. The molecule has 0 aliphatic rings. The van der Waals surface area contributed by atoms with Crippen molar-refractivity contribution in [1.29, 1.82) is 0 Å². The number of nitrogens with zero attached hydrogens (tertiary/aromatic N) is 1. The van der Waals surface area contributed by atoms with Gasteiger partial charge in [-0.05, 0) is 30.7 Å². The highest BCUT2D eigenvalue weighted by atomic mass is 19.1. The van der Waals surface area contributed by atoms with Crippen LogP contribution in [0.5, 0.6) is 0 Å². The second kappa shape index (κ2) is 5.43. The summed E-state index contributed by atoms with van der Waals surface area (Å²) in [4.78, 5) is 13.2. The van der Waals surface area contributed by atoms with E-state index in [1.54, 1.807) is 24.4 Å². The highest BCUT2D eigenvalue weighted by Gasteiger charge is 2.22. The molecule has 5 nitrogen and oxygen atoms in total. The molecule has 98 valence electrons. The van der Waals surface area contributed by atoms with Crippen molar-refractivity contribution in [2.24, 2.45) is 0 Å². The van der Waals surface area contributed by atoms with Gasteiger partial charge in [-0.3, -0.25) is 15.4 Å². The molecule has 1 heterocycles. The van der Waals surface area contributed by atoms with Crippen LogP contribution in [0.25, 0.3) is 0 Å². The van der Waals surface area contributed by atoms with E-state index in [1.165, 1.54) is 18.2 Å². The first-order chi connectivity index (χ1) is 9.08. The van der Waals surface area contributed by atoms with Gasteiger partial charge in [0.25, 0.3) is 0 Å². The number of aromatic amines is 1. The van der Waals surface area contributed by atoms with E-state index in [9.17, 15) is 14.5 Å². The van der Waals surface area contributed by atoms with Gasteiger partial charge in [-0.1, -0.05) is 12.1 Å². The molecule has 2 N–H and O–H groups in total. The van der Waals surface area contributed by atoms with E-state index in [2.05, 4.69) is 10.3 Å². The summed E-state index contributed by atoms with van der Waals surface area (Å²) in [5.74, 6) is 0.0116. The van der Waals surface area contributed by atoms with Crippen molar-refractivity contribution >= 4 is 11.5 Å². The van der Waals surface area contributed by atoms with Gasteiger partial charge in [0.05, 0.1) is 11.1 Å². The van der Waals surface area contributed by atoms with E-state index >= 15 is 0 Å². The van der Waals surface area contributed by atoms with Crippen molar-refractivity contribution in [1.82, 2.24) is 0 Å². The molecule has 1 atom stereocenters. The topological polar surface area (TPSA) is 69.3 Å². The Morgan fingerprint density at radius 2 is 2.00 bits per heavy atom. The minimum Gasteiger partial charge on any atom is -0.262 e. The zero-order chi connectivity index (χ0) is 13.8. The monoisotopic (exact) mass is 262 g/mol. The summed E-state index contributed by atoms with van der Waals surface area (Å²) in [6, 6.07) is 8.79. The fraction of sp³-hybridized carbons (Fsp3) is 0.154. The smallest absolute Gasteiger partial charge is 0.262 e. The average molecular weight is 262 g/mol. The molecule has 1 aromatic heterocycles. The maximum atomic E-state index is 12.8. The maximum Gasteiger partial charge on any atom is 0.357 e. The Labute approximate surface area is 109 Å². The molecule has 0 bridgehead atoms. The van der Waals surface area contributed by atoms with E-state index in [-0.39, 0.29) is 17.5 Å². The number of halogens is 1. The number of nitrogens with one attached hydrogen (secondary N) is 2. The summed E-state index contributed by atoms with van der Waals surface area (Å²) in [5.41, 5.74) is 0.810. The lowest BCUT2D eigenvalue weighted by atomic mass is 10.1. The van der Waals surface area contributed by atoms with Gasteiger partial charge in [-0.15, -0.1) is 0 Å². The Bertz CT molecular complexity index is 587. The van der Waals surface area contributed by atoms with Crippen molar-refractivity contribution < 1.29 is 14.3 Å². The minimum absolute atomic E-state index is 0.0311. The van der Waals surface area contributed by atoms with Crippen LogP contribution in [0.15, 0.2) is 42.6 Å². The number of aromatic nitrogens is 1. The van der Waals surface area contributed by atoms with Crippen molar-refractivity contribution in [2.75, 3.05) is 5.32 Å². The molecule has 0 spiro atoms. The van der Waals surface area contributed by atoms with Crippen LogP contribution in [0.2, 0.25) is 0 Å². The third-order valence-corrected chi connectivity index (χ3v) is 2.76. The van der Waals surface area contributed by atoms with Gasteiger partial charge in [-0.25, -0.2) is 9.37 Å². The first-order valence-corrected chi connectivity index (χ1v) is 5.75. The summed E-state index contributed by atoms with van der Waals surface area (Å²) in [6.07, 6.45) is 1.60. The molecule has 2 rings (SSSR count). The van der Waals surface area contributed by atoms with Crippen LogP contribution in [0.3, 0.4) is 0 Å². The molecule has 2 aromatic rings. The number of benzene rings is 1. The van der Waals surface area contributed by atoms with E-state index in [0.717, 1.165) is 5.56 Å². The molecule has 0 radical (unpaired) electrons. The SMILES string of the molecule is C[C@H](Nc1[nH+]cccc1[N+](=O)[O-])c1ccc(F)cc1. The molecular formula is C13H13FN3O2+. The van der Waals surface area contributed by atoms with Crippen molar-refractivity contribution in [3.8, 4) is 0 Å². The van der Waals surface area contributed by atoms with E-state index in [0.29, 0.717) is 5.82 Å². The van der Waals surface area contributed by atoms with Crippen LogP contribution in [0.1, 0.15) is 18.5 Å². The van der Waals surface area contributed by atoms with Gasteiger partial charge in [0.15, 0.2) is 0 Å². The average Bonchev–Trinajstić information content (AvgIpc) is 2.39. The molecule has 0 unspecified atom stereocenters. The Morgan fingerprint density at radius 1 is 1.32 bits per heavy atom.